The van der Waals surface area contributed by atoms with Crippen molar-refractivity contribution in [1.29, 1.82) is 0 Å². The topological polar surface area (TPSA) is 29.1 Å². The fraction of sp³-hybridized carbons (Fsp3) is 0.258. The van der Waals surface area contributed by atoms with Gasteiger partial charge in [0.05, 0.1) is 5.54 Å². The van der Waals surface area contributed by atoms with Crippen molar-refractivity contribution in [2.75, 3.05) is 0 Å². The van der Waals surface area contributed by atoms with E-state index in [-0.39, 0.29) is 5.91 Å². The van der Waals surface area contributed by atoms with Gasteiger partial charge in [0, 0.05) is 5.56 Å². The summed E-state index contributed by atoms with van der Waals surface area (Å²) in [5.74, 6) is -0.00190. The van der Waals surface area contributed by atoms with Crippen LogP contribution in [0.1, 0.15) is 59.8 Å². The average Bonchev–Trinajstić information content (AvgIpc) is 2.83. The quantitative estimate of drug-likeness (QED) is 0.310. The van der Waals surface area contributed by atoms with Crippen molar-refractivity contribution < 1.29 is 4.79 Å². The predicted octanol–water partition coefficient (Wildman–Crippen LogP) is 7.24. The molecule has 0 aliphatic rings. The number of carbonyl (C=O) groups is 1. The first-order valence-electron chi connectivity index (χ1n) is 11.9. The fourth-order valence-electron chi connectivity index (χ4n) is 4.60. The van der Waals surface area contributed by atoms with Crippen molar-refractivity contribution in [3.63, 3.8) is 0 Å². The van der Waals surface area contributed by atoms with E-state index in [1.54, 1.807) is 0 Å². The predicted molar refractivity (Wildman–Crippen MR) is 139 cm³/mol. The zero-order valence-electron chi connectivity index (χ0n) is 19.9. The summed E-state index contributed by atoms with van der Waals surface area (Å²) in [6, 6.07) is 31.6. The number of rotatable bonds is 8. The zero-order chi connectivity index (χ0) is 23.3. The maximum Gasteiger partial charge on any atom is 0.252 e. The Labute approximate surface area is 197 Å². The van der Waals surface area contributed by atoms with Crippen LogP contribution in [-0.2, 0) is 24.8 Å². The van der Waals surface area contributed by atoms with Crippen LogP contribution in [0.15, 0.2) is 91.0 Å². The summed E-state index contributed by atoms with van der Waals surface area (Å²) >= 11 is 0. The lowest BCUT2D eigenvalue weighted by Crippen LogP contribution is -2.41. The summed E-state index contributed by atoms with van der Waals surface area (Å²) in [6.07, 6.45) is 3.80. The molecule has 1 amide bonds. The highest BCUT2D eigenvalue weighted by Gasteiger charge is 2.26. The molecule has 168 valence electrons. The highest BCUT2D eigenvalue weighted by atomic mass is 16.1. The molecule has 2 nitrogen and oxygen atoms in total. The Bertz CT molecular complexity index is 1240. The van der Waals surface area contributed by atoms with Gasteiger partial charge in [-0.3, -0.25) is 4.79 Å². The van der Waals surface area contributed by atoms with Gasteiger partial charge in [0.25, 0.3) is 5.91 Å². The van der Waals surface area contributed by atoms with Gasteiger partial charge in [-0.05, 0) is 72.2 Å². The van der Waals surface area contributed by atoms with Crippen LogP contribution in [-0.4, -0.2) is 5.91 Å². The van der Waals surface area contributed by atoms with E-state index in [0.29, 0.717) is 0 Å². The van der Waals surface area contributed by atoms with Gasteiger partial charge in [0.2, 0.25) is 0 Å². The third kappa shape index (κ3) is 5.34. The van der Waals surface area contributed by atoms with E-state index >= 15 is 0 Å². The van der Waals surface area contributed by atoms with Crippen molar-refractivity contribution in [3.8, 4) is 0 Å². The molecule has 0 bridgehead atoms. The Balaban J connectivity index is 1.60. The number of hydrogen-bond donors (Lipinski definition) is 1. The molecule has 2 heteroatoms. The van der Waals surface area contributed by atoms with E-state index in [4.69, 9.17) is 0 Å². The lowest BCUT2D eigenvalue weighted by Gasteiger charge is -2.29. The number of benzene rings is 4. The van der Waals surface area contributed by atoms with Crippen LogP contribution in [0, 0.1) is 0 Å². The van der Waals surface area contributed by atoms with E-state index in [2.05, 4.69) is 111 Å². The summed E-state index contributed by atoms with van der Waals surface area (Å²) in [7, 11) is 0. The minimum atomic E-state index is -0.499. The molecular formula is C31H33NO. The molecule has 0 aromatic heterocycles. The second-order valence-electron chi connectivity index (χ2n) is 9.33. The summed E-state index contributed by atoms with van der Waals surface area (Å²) in [6.45, 7) is 6.34. The Hall–Kier alpha value is -3.39. The molecule has 0 aliphatic carbocycles. The number of aryl methyl sites for hydroxylation is 3. The van der Waals surface area contributed by atoms with Gasteiger partial charge in [-0.2, -0.15) is 0 Å². The molecule has 0 aliphatic heterocycles. The monoisotopic (exact) mass is 435 g/mol. The molecule has 0 saturated carbocycles. The van der Waals surface area contributed by atoms with Gasteiger partial charge in [-0.25, -0.2) is 0 Å². The van der Waals surface area contributed by atoms with Gasteiger partial charge in [0.15, 0.2) is 0 Å². The maximum atomic E-state index is 13.6. The van der Waals surface area contributed by atoms with E-state index in [1.165, 1.54) is 21.9 Å². The Morgan fingerprint density at radius 1 is 0.758 bits per heavy atom. The summed E-state index contributed by atoms with van der Waals surface area (Å²) in [5.41, 5.74) is 5.07. The Morgan fingerprint density at radius 3 is 2.24 bits per heavy atom. The Morgan fingerprint density at radius 2 is 1.45 bits per heavy atom. The number of amides is 1. The first-order valence-corrected chi connectivity index (χ1v) is 11.9. The third-order valence-corrected chi connectivity index (χ3v) is 6.37. The fourth-order valence-corrected chi connectivity index (χ4v) is 4.60. The molecule has 0 atom stereocenters. The molecule has 0 unspecified atom stereocenters. The Kier molecular flexibility index (Phi) is 6.93. The van der Waals surface area contributed by atoms with Crippen molar-refractivity contribution in [3.05, 3.63) is 119 Å². The summed E-state index contributed by atoms with van der Waals surface area (Å²) in [5, 5.41) is 5.71. The molecule has 0 spiro atoms. The minimum Gasteiger partial charge on any atom is -0.343 e. The normalized spacial score (nSPS) is 11.5. The molecule has 4 rings (SSSR count). The van der Waals surface area contributed by atoms with Gasteiger partial charge >= 0.3 is 0 Å². The van der Waals surface area contributed by atoms with Crippen molar-refractivity contribution in [1.82, 2.24) is 5.32 Å². The molecule has 0 fully saturated rings. The van der Waals surface area contributed by atoms with Gasteiger partial charge in [-0.1, -0.05) is 98.3 Å². The van der Waals surface area contributed by atoms with Gasteiger partial charge in [0.1, 0.15) is 0 Å². The van der Waals surface area contributed by atoms with Gasteiger partial charge in [-0.15, -0.1) is 0 Å². The zero-order valence-corrected chi connectivity index (χ0v) is 19.9. The van der Waals surface area contributed by atoms with Crippen LogP contribution < -0.4 is 5.32 Å². The van der Waals surface area contributed by atoms with E-state index in [1.807, 2.05) is 6.07 Å². The summed E-state index contributed by atoms with van der Waals surface area (Å²) < 4.78 is 0. The minimum absolute atomic E-state index is 0.00190. The van der Waals surface area contributed by atoms with Gasteiger partial charge < -0.3 is 5.32 Å². The lowest BCUT2D eigenvalue weighted by molar-refractivity contribution is 0.0911. The van der Waals surface area contributed by atoms with Crippen LogP contribution in [0.5, 0.6) is 0 Å². The first-order chi connectivity index (χ1) is 16.0. The number of nitrogens with one attached hydrogen (secondary N) is 1. The molecule has 0 radical (unpaired) electrons. The van der Waals surface area contributed by atoms with Crippen molar-refractivity contribution >= 4 is 16.7 Å². The standard InChI is InChI=1S/C31H33NO/c1-4-11-25-21-20-24(19-18-23-12-6-5-7-13-23)22-28(25)30(33)32-31(2,3)29-17-10-15-26-14-8-9-16-27(26)29/h5-10,12-17,20-22H,4,11,18-19H2,1-3H3,(H,32,33). The summed E-state index contributed by atoms with van der Waals surface area (Å²) in [4.78, 5) is 13.6. The van der Waals surface area contributed by atoms with E-state index in [9.17, 15) is 4.79 Å². The lowest BCUT2D eigenvalue weighted by atomic mass is 9.88. The highest BCUT2D eigenvalue weighted by molar-refractivity contribution is 5.97. The van der Waals surface area contributed by atoms with Crippen molar-refractivity contribution in [2.45, 2.75) is 52.0 Å². The van der Waals surface area contributed by atoms with Crippen molar-refractivity contribution in [2.24, 2.45) is 0 Å². The van der Waals surface area contributed by atoms with Crippen LogP contribution in [0.3, 0.4) is 0 Å². The van der Waals surface area contributed by atoms with E-state index < -0.39 is 5.54 Å². The molecule has 4 aromatic rings. The number of fused-ring (bicyclic) bond motifs is 1. The third-order valence-electron chi connectivity index (χ3n) is 6.37. The molecule has 1 N–H and O–H groups in total. The SMILES string of the molecule is CCCc1ccc(CCc2ccccc2)cc1C(=O)NC(C)(C)c1cccc2ccccc12. The molecule has 4 aromatic carbocycles. The molecule has 0 saturated heterocycles. The second kappa shape index (κ2) is 10.0. The number of hydrogen-bond acceptors (Lipinski definition) is 1. The number of carbonyl (C=O) groups excluding carboxylic acids is 1. The molecular weight excluding hydrogens is 402 g/mol. The van der Waals surface area contributed by atoms with Crippen LogP contribution >= 0.6 is 0 Å². The maximum absolute atomic E-state index is 13.6. The van der Waals surface area contributed by atoms with Crippen LogP contribution in [0.2, 0.25) is 0 Å². The van der Waals surface area contributed by atoms with Crippen LogP contribution in [0.25, 0.3) is 10.8 Å². The smallest absolute Gasteiger partial charge is 0.252 e. The van der Waals surface area contributed by atoms with Crippen LogP contribution in [0.4, 0.5) is 0 Å². The highest BCUT2D eigenvalue weighted by Crippen LogP contribution is 2.29. The molecule has 33 heavy (non-hydrogen) atoms. The second-order valence-corrected chi connectivity index (χ2v) is 9.33. The van der Waals surface area contributed by atoms with E-state index in [0.717, 1.165) is 42.4 Å². The first kappa shape index (κ1) is 22.8. The largest absolute Gasteiger partial charge is 0.343 e. The molecule has 0 heterocycles. The average molecular weight is 436 g/mol.